The summed E-state index contributed by atoms with van der Waals surface area (Å²) in [7, 11) is 0. The van der Waals surface area contributed by atoms with Crippen LogP contribution < -0.4 is 0 Å². The lowest BCUT2D eigenvalue weighted by Crippen LogP contribution is -2.11. The van der Waals surface area contributed by atoms with E-state index in [1.54, 1.807) is 6.92 Å². The number of rotatable bonds is 5. The van der Waals surface area contributed by atoms with Crippen molar-refractivity contribution in [1.29, 1.82) is 0 Å². The van der Waals surface area contributed by atoms with Crippen LogP contribution in [0, 0.1) is 0 Å². The third-order valence-electron chi connectivity index (χ3n) is 2.11. The second-order valence-corrected chi connectivity index (χ2v) is 3.60. The molecule has 0 aliphatic carbocycles. The largest absolute Gasteiger partial charge is 0.457 e. The molecular formula is C12H15ClO2. The first-order chi connectivity index (χ1) is 7.27. The van der Waals surface area contributed by atoms with Crippen LogP contribution in [0.2, 0.25) is 0 Å². The summed E-state index contributed by atoms with van der Waals surface area (Å²) in [6.07, 6.45) is 0.833. The van der Waals surface area contributed by atoms with Crippen LogP contribution in [-0.2, 0) is 9.53 Å². The Hall–Kier alpha value is -1.02. The van der Waals surface area contributed by atoms with Crippen molar-refractivity contribution in [2.75, 3.05) is 5.88 Å². The molecule has 0 aliphatic rings. The molecule has 1 rings (SSSR count). The maximum Gasteiger partial charge on any atom is 0.306 e. The van der Waals surface area contributed by atoms with E-state index < -0.39 is 0 Å². The quantitative estimate of drug-likeness (QED) is 0.569. The van der Waals surface area contributed by atoms with Crippen molar-refractivity contribution in [2.45, 2.75) is 25.9 Å². The normalized spacial score (nSPS) is 12.1. The van der Waals surface area contributed by atoms with Crippen molar-refractivity contribution < 1.29 is 9.53 Å². The molecule has 0 spiro atoms. The smallest absolute Gasteiger partial charge is 0.306 e. The summed E-state index contributed by atoms with van der Waals surface area (Å²) < 4.78 is 5.30. The van der Waals surface area contributed by atoms with E-state index in [0.29, 0.717) is 18.7 Å². The van der Waals surface area contributed by atoms with Crippen LogP contribution in [0.1, 0.15) is 31.4 Å². The fourth-order valence-electron chi connectivity index (χ4n) is 1.30. The van der Waals surface area contributed by atoms with Gasteiger partial charge < -0.3 is 4.74 Å². The van der Waals surface area contributed by atoms with Gasteiger partial charge in [0, 0.05) is 18.7 Å². The van der Waals surface area contributed by atoms with Crippen molar-refractivity contribution in [2.24, 2.45) is 0 Å². The maximum atomic E-state index is 11.2. The van der Waals surface area contributed by atoms with Gasteiger partial charge in [-0.1, -0.05) is 37.3 Å². The molecule has 0 N–H and O–H groups in total. The molecule has 0 radical (unpaired) electrons. The number of carbonyl (C=O) groups is 1. The second-order valence-electron chi connectivity index (χ2n) is 3.22. The molecule has 0 amide bonds. The molecule has 3 heteroatoms. The van der Waals surface area contributed by atoms with Gasteiger partial charge in [-0.2, -0.15) is 0 Å². The first-order valence-electron chi connectivity index (χ1n) is 5.08. The minimum Gasteiger partial charge on any atom is -0.457 e. The monoisotopic (exact) mass is 226 g/mol. The van der Waals surface area contributed by atoms with Crippen molar-refractivity contribution in [3.8, 4) is 0 Å². The van der Waals surface area contributed by atoms with E-state index in [1.165, 1.54) is 0 Å². The van der Waals surface area contributed by atoms with E-state index in [1.807, 2.05) is 30.3 Å². The van der Waals surface area contributed by atoms with Crippen LogP contribution in [-0.4, -0.2) is 11.8 Å². The van der Waals surface area contributed by atoms with E-state index in [9.17, 15) is 4.79 Å². The number of alkyl halides is 1. The van der Waals surface area contributed by atoms with E-state index in [0.717, 1.165) is 5.56 Å². The highest BCUT2D eigenvalue weighted by molar-refractivity contribution is 6.17. The molecule has 0 saturated heterocycles. The number of carbonyl (C=O) groups excluding carboxylic acids is 1. The van der Waals surface area contributed by atoms with Gasteiger partial charge in [0.2, 0.25) is 0 Å². The molecule has 0 bridgehead atoms. The topological polar surface area (TPSA) is 26.3 Å². The Balaban J connectivity index is 2.70. The number of hydrogen-bond donors (Lipinski definition) is 0. The zero-order valence-corrected chi connectivity index (χ0v) is 9.54. The van der Waals surface area contributed by atoms with Crippen LogP contribution in [0.15, 0.2) is 30.3 Å². The van der Waals surface area contributed by atoms with Crippen molar-refractivity contribution >= 4 is 17.6 Å². The summed E-state index contributed by atoms with van der Waals surface area (Å²) in [6.45, 7) is 1.78. The average molecular weight is 227 g/mol. The number of benzene rings is 1. The lowest BCUT2D eigenvalue weighted by molar-refractivity contribution is -0.149. The molecule has 82 valence electrons. The Morgan fingerprint density at radius 3 is 2.60 bits per heavy atom. The number of ether oxygens (including phenoxy) is 1. The zero-order valence-electron chi connectivity index (χ0n) is 8.78. The lowest BCUT2D eigenvalue weighted by atomic mass is 10.1. The van der Waals surface area contributed by atoms with Crippen LogP contribution in [0.4, 0.5) is 0 Å². The first-order valence-corrected chi connectivity index (χ1v) is 5.61. The summed E-state index contributed by atoms with van der Waals surface area (Å²) in [6, 6.07) is 9.68. The molecule has 0 fully saturated rings. The summed E-state index contributed by atoms with van der Waals surface area (Å²) >= 11 is 5.68. The van der Waals surface area contributed by atoms with E-state index in [2.05, 4.69) is 0 Å². The molecule has 2 nitrogen and oxygen atoms in total. The molecule has 0 saturated carbocycles. The minimum absolute atomic E-state index is 0.186. The Morgan fingerprint density at radius 1 is 1.40 bits per heavy atom. The molecule has 1 aromatic rings. The predicted octanol–water partition coefficient (Wildman–Crippen LogP) is 3.31. The van der Waals surface area contributed by atoms with Gasteiger partial charge in [0.25, 0.3) is 0 Å². The number of esters is 1. The highest BCUT2D eigenvalue weighted by Gasteiger charge is 2.14. The van der Waals surface area contributed by atoms with Crippen LogP contribution in [0.3, 0.4) is 0 Å². The Labute approximate surface area is 95.2 Å². The standard InChI is InChI=1S/C12H15ClO2/c1-2-12(14)15-11(8-9-13)10-6-4-3-5-7-10/h3-7,11H,2,8-9H2,1H3/t11-/m1/s1. The van der Waals surface area contributed by atoms with Gasteiger partial charge in [-0.15, -0.1) is 11.6 Å². The fourth-order valence-corrected chi connectivity index (χ4v) is 1.50. The molecule has 15 heavy (non-hydrogen) atoms. The molecule has 0 heterocycles. The van der Waals surface area contributed by atoms with E-state index in [4.69, 9.17) is 16.3 Å². The van der Waals surface area contributed by atoms with Crippen molar-refractivity contribution in [3.05, 3.63) is 35.9 Å². The molecule has 0 unspecified atom stereocenters. The predicted molar refractivity (Wildman–Crippen MR) is 60.9 cm³/mol. The molecule has 0 aromatic heterocycles. The summed E-state index contributed by atoms with van der Waals surface area (Å²) in [5.74, 6) is 0.297. The summed E-state index contributed by atoms with van der Waals surface area (Å²) in [5, 5.41) is 0. The van der Waals surface area contributed by atoms with E-state index >= 15 is 0 Å². The van der Waals surface area contributed by atoms with Crippen molar-refractivity contribution in [1.82, 2.24) is 0 Å². The third kappa shape index (κ3) is 3.92. The Kier molecular flexibility index (Phi) is 5.19. The van der Waals surface area contributed by atoms with Gasteiger partial charge in [-0.3, -0.25) is 4.79 Å². The van der Waals surface area contributed by atoms with Gasteiger partial charge in [-0.05, 0) is 5.56 Å². The van der Waals surface area contributed by atoms with Gasteiger partial charge in [0.1, 0.15) is 6.10 Å². The Bertz CT molecular complexity index is 298. The zero-order chi connectivity index (χ0) is 11.1. The van der Waals surface area contributed by atoms with Crippen molar-refractivity contribution in [3.63, 3.8) is 0 Å². The van der Waals surface area contributed by atoms with Gasteiger partial charge in [-0.25, -0.2) is 0 Å². The summed E-state index contributed by atoms with van der Waals surface area (Å²) in [4.78, 5) is 11.2. The lowest BCUT2D eigenvalue weighted by Gasteiger charge is -2.16. The Morgan fingerprint density at radius 2 is 2.07 bits per heavy atom. The molecular weight excluding hydrogens is 212 g/mol. The SMILES string of the molecule is CCC(=O)O[C@H](CCCl)c1ccccc1. The third-order valence-corrected chi connectivity index (χ3v) is 2.32. The van der Waals surface area contributed by atoms with E-state index in [-0.39, 0.29) is 12.1 Å². The summed E-state index contributed by atoms with van der Waals surface area (Å²) in [5.41, 5.74) is 1.000. The van der Waals surface area contributed by atoms with Crippen LogP contribution in [0.5, 0.6) is 0 Å². The maximum absolute atomic E-state index is 11.2. The first kappa shape index (κ1) is 12.1. The molecule has 1 atom stereocenters. The minimum atomic E-state index is -0.212. The molecule has 1 aromatic carbocycles. The van der Waals surface area contributed by atoms with Gasteiger partial charge in [0.05, 0.1) is 0 Å². The second kappa shape index (κ2) is 6.46. The molecule has 0 aliphatic heterocycles. The highest BCUT2D eigenvalue weighted by Crippen LogP contribution is 2.21. The average Bonchev–Trinajstić information content (AvgIpc) is 2.29. The van der Waals surface area contributed by atoms with Gasteiger partial charge in [0.15, 0.2) is 0 Å². The van der Waals surface area contributed by atoms with Crippen LogP contribution in [0.25, 0.3) is 0 Å². The van der Waals surface area contributed by atoms with Gasteiger partial charge >= 0.3 is 5.97 Å². The number of halogens is 1. The van der Waals surface area contributed by atoms with Crippen LogP contribution >= 0.6 is 11.6 Å². The highest BCUT2D eigenvalue weighted by atomic mass is 35.5. The number of hydrogen-bond acceptors (Lipinski definition) is 2. The fraction of sp³-hybridized carbons (Fsp3) is 0.417.